The Bertz CT molecular complexity index is 1220. The lowest BCUT2D eigenvalue weighted by atomic mass is 9.99. The first-order valence-corrected chi connectivity index (χ1v) is 36.2. The standard InChI is InChI=1S/C71H141NO8/c1-3-5-7-9-11-13-15-17-19-21-23-25-27-29-31-32-33-35-36-38-40-42-44-46-48-50-52-54-56-58-60-65(74)64(63-79-71-70(78)69(77)68(76)66(62-73)80-71)72-67(75)61-59-57-55-53-51-49-47-45-43-41-39-37-34-30-28-26-24-22-20-18-16-14-12-10-8-6-4-2/h64-66,68-71,73-74,76-78H,3-63H2,1-2H3,(H,72,75). The quantitative estimate of drug-likeness (QED) is 0.0330. The van der Waals surface area contributed by atoms with Crippen molar-refractivity contribution in [2.75, 3.05) is 13.2 Å². The molecule has 7 atom stereocenters. The van der Waals surface area contributed by atoms with E-state index in [1.807, 2.05) is 0 Å². The number of hydrogen-bond donors (Lipinski definition) is 6. The second-order valence-corrected chi connectivity index (χ2v) is 25.8. The largest absolute Gasteiger partial charge is 0.394 e. The Hall–Kier alpha value is -0.810. The van der Waals surface area contributed by atoms with E-state index in [-0.39, 0.29) is 12.5 Å². The van der Waals surface area contributed by atoms with E-state index in [9.17, 15) is 30.3 Å². The third-order valence-electron chi connectivity index (χ3n) is 18.0. The number of ether oxygens (including phenoxy) is 2. The molecule has 7 unspecified atom stereocenters. The number of amides is 1. The molecule has 0 aromatic carbocycles. The van der Waals surface area contributed by atoms with E-state index in [2.05, 4.69) is 19.2 Å². The van der Waals surface area contributed by atoms with Crippen molar-refractivity contribution >= 4 is 5.91 Å². The Morgan fingerprint density at radius 2 is 0.625 bits per heavy atom. The molecular formula is C71H141NO8. The molecule has 80 heavy (non-hydrogen) atoms. The second-order valence-electron chi connectivity index (χ2n) is 25.8. The maximum atomic E-state index is 13.2. The van der Waals surface area contributed by atoms with Crippen molar-refractivity contribution in [2.45, 2.75) is 436 Å². The van der Waals surface area contributed by atoms with Gasteiger partial charge in [-0.1, -0.05) is 373 Å². The number of hydrogen-bond acceptors (Lipinski definition) is 8. The van der Waals surface area contributed by atoms with E-state index in [1.165, 1.54) is 327 Å². The molecule has 1 amide bonds. The van der Waals surface area contributed by atoms with Gasteiger partial charge in [-0.2, -0.15) is 0 Å². The van der Waals surface area contributed by atoms with E-state index >= 15 is 0 Å². The molecule has 1 aliphatic heterocycles. The summed E-state index contributed by atoms with van der Waals surface area (Å²) in [5, 5.41) is 55.0. The first kappa shape index (κ1) is 77.2. The van der Waals surface area contributed by atoms with E-state index in [1.54, 1.807) is 0 Å². The number of rotatable bonds is 65. The SMILES string of the molecule is CCCCCCCCCCCCCCCCCCCCCCCCCCCCCCCCC(O)C(COC1OC(CO)C(O)C(O)C1O)NC(=O)CCCCCCCCCCCCCCCCCCCCCCCCCCCCC. The summed E-state index contributed by atoms with van der Waals surface area (Å²) in [7, 11) is 0. The fourth-order valence-corrected chi connectivity index (χ4v) is 12.3. The van der Waals surface area contributed by atoms with E-state index in [4.69, 9.17) is 9.47 Å². The van der Waals surface area contributed by atoms with Crippen molar-refractivity contribution in [3.63, 3.8) is 0 Å². The van der Waals surface area contributed by atoms with Crippen molar-refractivity contribution in [3.05, 3.63) is 0 Å². The minimum Gasteiger partial charge on any atom is -0.394 e. The van der Waals surface area contributed by atoms with Gasteiger partial charge in [-0.3, -0.25) is 4.79 Å². The fraction of sp³-hybridized carbons (Fsp3) is 0.986. The zero-order valence-electron chi connectivity index (χ0n) is 53.6. The van der Waals surface area contributed by atoms with Crippen molar-refractivity contribution in [3.8, 4) is 0 Å². The fourth-order valence-electron chi connectivity index (χ4n) is 12.3. The van der Waals surface area contributed by atoms with Crippen LogP contribution in [0.2, 0.25) is 0 Å². The first-order valence-electron chi connectivity index (χ1n) is 36.2. The predicted molar refractivity (Wildman–Crippen MR) is 341 cm³/mol. The summed E-state index contributed by atoms with van der Waals surface area (Å²) in [4.78, 5) is 13.2. The summed E-state index contributed by atoms with van der Waals surface area (Å²) >= 11 is 0. The average Bonchev–Trinajstić information content (AvgIpc) is 3.46. The van der Waals surface area contributed by atoms with Gasteiger partial charge in [0.25, 0.3) is 0 Å². The second kappa shape index (κ2) is 61.3. The molecule has 0 saturated carbocycles. The highest BCUT2D eigenvalue weighted by Gasteiger charge is 2.44. The molecule has 0 bridgehead atoms. The topological polar surface area (TPSA) is 149 Å². The van der Waals surface area contributed by atoms with Gasteiger partial charge >= 0.3 is 0 Å². The van der Waals surface area contributed by atoms with Crippen LogP contribution in [0.3, 0.4) is 0 Å². The molecule has 1 fully saturated rings. The molecule has 0 radical (unpaired) electrons. The van der Waals surface area contributed by atoms with Gasteiger partial charge in [0.2, 0.25) is 5.91 Å². The van der Waals surface area contributed by atoms with Crippen LogP contribution in [0.4, 0.5) is 0 Å². The maximum absolute atomic E-state index is 13.2. The third kappa shape index (κ3) is 49.5. The molecule has 6 N–H and O–H groups in total. The molecule has 9 heteroatoms. The van der Waals surface area contributed by atoms with Crippen LogP contribution in [0, 0.1) is 0 Å². The normalized spacial score (nSPS) is 18.3. The van der Waals surface area contributed by atoms with Crippen LogP contribution >= 0.6 is 0 Å². The summed E-state index contributed by atoms with van der Waals surface area (Å²) in [5.41, 5.74) is 0. The van der Waals surface area contributed by atoms with E-state index in [0.29, 0.717) is 12.8 Å². The molecule has 478 valence electrons. The molecule has 9 nitrogen and oxygen atoms in total. The molecule has 0 aliphatic carbocycles. The van der Waals surface area contributed by atoms with Gasteiger partial charge in [0.15, 0.2) is 6.29 Å². The number of nitrogens with one attached hydrogen (secondary N) is 1. The summed E-state index contributed by atoms with van der Waals surface area (Å²) in [6.07, 6.45) is 70.4. The van der Waals surface area contributed by atoms with E-state index < -0.39 is 49.5 Å². The maximum Gasteiger partial charge on any atom is 0.220 e. The van der Waals surface area contributed by atoms with Crippen molar-refractivity contribution in [1.82, 2.24) is 5.32 Å². The number of aliphatic hydroxyl groups excluding tert-OH is 5. The van der Waals surface area contributed by atoms with Gasteiger partial charge in [-0.05, 0) is 12.8 Å². The number of carbonyl (C=O) groups is 1. The Morgan fingerprint density at radius 1 is 0.375 bits per heavy atom. The van der Waals surface area contributed by atoms with Crippen LogP contribution in [0.1, 0.15) is 393 Å². The Morgan fingerprint density at radius 3 is 0.887 bits per heavy atom. The van der Waals surface area contributed by atoms with Gasteiger partial charge in [-0.25, -0.2) is 0 Å². The third-order valence-corrected chi connectivity index (χ3v) is 18.0. The van der Waals surface area contributed by atoms with Crippen molar-refractivity contribution in [1.29, 1.82) is 0 Å². The smallest absolute Gasteiger partial charge is 0.220 e. The lowest BCUT2D eigenvalue weighted by molar-refractivity contribution is -0.302. The Balaban J connectivity index is 2.08. The van der Waals surface area contributed by atoms with Crippen LogP contribution in [0.5, 0.6) is 0 Å². The molecule has 1 rings (SSSR count). The van der Waals surface area contributed by atoms with Crippen LogP contribution in [0.15, 0.2) is 0 Å². The van der Waals surface area contributed by atoms with Crippen LogP contribution in [-0.2, 0) is 14.3 Å². The molecule has 1 saturated heterocycles. The molecule has 1 aliphatic rings. The van der Waals surface area contributed by atoms with Gasteiger partial charge < -0.3 is 40.3 Å². The number of carbonyl (C=O) groups excluding carboxylic acids is 1. The summed E-state index contributed by atoms with van der Waals surface area (Å²) in [6.45, 7) is 3.91. The number of unbranched alkanes of at least 4 members (excludes halogenated alkanes) is 55. The molecule has 1 heterocycles. The first-order chi connectivity index (χ1) is 39.3. The van der Waals surface area contributed by atoms with Crippen LogP contribution < -0.4 is 5.32 Å². The summed E-state index contributed by atoms with van der Waals surface area (Å²) in [5.74, 6) is -0.133. The highest BCUT2D eigenvalue weighted by molar-refractivity contribution is 5.76. The zero-order chi connectivity index (χ0) is 57.9. The lowest BCUT2D eigenvalue weighted by Gasteiger charge is -2.40. The minimum absolute atomic E-state index is 0.130. The average molecular weight is 1140 g/mol. The van der Waals surface area contributed by atoms with Gasteiger partial charge in [0.1, 0.15) is 24.4 Å². The van der Waals surface area contributed by atoms with Gasteiger partial charge in [0, 0.05) is 6.42 Å². The van der Waals surface area contributed by atoms with Crippen molar-refractivity contribution in [2.24, 2.45) is 0 Å². The lowest BCUT2D eigenvalue weighted by Crippen LogP contribution is -2.60. The van der Waals surface area contributed by atoms with Gasteiger partial charge in [-0.15, -0.1) is 0 Å². The van der Waals surface area contributed by atoms with Crippen LogP contribution in [0.25, 0.3) is 0 Å². The Labute approximate surface area is 497 Å². The predicted octanol–water partition coefficient (Wildman–Crippen LogP) is 19.7. The molecule has 0 aromatic rings. The molecular weight excluding hydrogens is 995 g/mol. The summed E-state index contributed by atoms with van der Waals surface area (Å²) in [6, 6.07) is -0.715. The van der Waals surface area contributed by atoms with Crippen molar-refractivity contribution < 1.29 is 39.8 Å². The van der Waals surface area contributed by atoms with Gasteiger partial charge in [0.05, 0.1) is 25.4 Å². The van der Waals surface area contributed by atoms with E-state index in [0.717, 1.165) is 38.5 Å². The Kier molecular flexibility index (Phi) is 59.1. The van der Waals surface area contributed by atoms with Crippen LogP contribution in [-0.4, -0.2) is 87.5 Å². The molecule has 0 aromatic heterocycles. The highest BCUT2D eigenvalue weighted by Crippen LogP contribution is 2.24. The highest BCUT2D eigenvalue weighted by atomic mass is 16.7. The summed E-state index contributed by atoms with van der Waals surface area (Å²) < 4.78 is 11.4. The molecule has 0 spiro atoms. The minimum atomic E-state index is -1.55. The monoisotopic (exact) mass is 1140 g/mol. The number of aliphatic hydroxyl groups is 5. The zero-order valence-corrected chi connectivity index (χ0v) is 53.6.